The number of benzene rings is 1. The first kappa shape index (κ1) is 22.6. The summed E-state index contributed by atoms with van der Waals surface area (Å²) >= 11 is 0. The molecule has 1 fully saturated rings. The number of aryl methyl sites for hydroxylation is 1. The maximum absolute atomic E-state index is 10.4. The van der Waals surface area contributed by atoms with Crippen LogP contribution in [-0.4, -0.2) is 77.0 Å². The van der Waals surface area contributed by atoms with Gasteiger partial charge >= 0.3 is 0 Å². The molecule has 1 aliphatic heterocycles. The standard InChI is InChI=1S/C22H34N4O4/c1-29-21-4-5-22(30-17-20(28)16-25-12-6-19(27)7-13-25)18(14-21)15-23-8-2-10-26-11-3-9-24-26/h3-5,9,11,14,19-20,23,27-28H,2,6-8,10,12-13,15-17H2,1H3. The van der Waals surface area contributed by atoms with Crippen molar-refractivity contribution in [2.24, 2.45) is 0 Å². The zero-order valence-electron chi connectivity index (χ0n) is 17.7. The molecule has 8 heteroatoms. The van der Waals surface area contributed by atoms with E-state index in [1.165, 1.54) is 0 Å². The van der Waals surface area contributed by atoms with Gasteiger partial charge in [-0.05, 0) is 50.1 Å². The van der Waals surface area contributed by atoms with Gasteiger partial charge in [-0.3, -0.25) is 4.68 Å². The monoisotopic (exact) mass is 418 g/mol. The molecule has 3 N–H and O–H groups in total. The van der Waals surface area contributed by atoms with Crippen LogP contribution in [0.5, 0.6) is 11.5 Å². The van der Waals surface area contributed by atoms with Crippen molar-refractivity contribution in [1.82, 2.24) is 20.0 Å². The van der Waals surface area contributed by atoms with Crippen molar-refractivity contribution in [2.75, 3.05) is 39.9 Å². The van der Waals surface area contributed by atoms with Crippen LogP contribution in [0.4, 0.5) is 0 Å². The molecule has 30 heavy (non-hydrogen) atoms. The molecule has 1 aliphatic rings. The Kier molecular flexibility index (Phi) is 8.95. The van der Waals surface area contributed by atoms with Crippen LogP contribution in [0.3, 0.4) is 0 Å². The van der Waals surface area contributed by atoms with Crippen molar-refractivity contribution in [1.29, 1.82) is 0 Å². The maximum Gasteiger partial charge on any atom is 0.124 e. The fraction of sp³-hybridized carbons (Fsp3) is 0.591. The Bertz CT molecular complexity index is 733. The molecule has 3 rings (SSSR count). The van der Waals surface area contributed by atoms with E-state index in [-0.39, 0.29) is 12.7 Å². The largest absolute Gasteiger partial charge is 0.497 e. The molecule has 8 nitrogen and oxygen atoms in total. The molecule has 0 radical (unpaired) electrons. The Morgan fingerprint density at radius 1 is 1.30 bits per heavy atom. The minimum Gasteiger partial charge on any atom is -0.497 e. The van der Waals surface area contributed by atoms with Gasteiger partial charge in [-0.15, -0.1) is 0 Å². The van der Waals surface area contributed by atoms with Crippen LogP contribution < -0.4 is 14.8 Å². The highest BCUT2D eigenvalue weighted by atomic mass is 16.5. The summed E-state index contributed by atoms with van der Waals surface area (Å²) in [7, 11) is 1.65. The summed E-state index contributed by atoms with van der Waals surface area (Å²) in [6.45, 7) is 4.82. The number of hydrogen-bond donors (Lipinski definition) is 3. The average molecular weight is 419 g/mol. The number of aliphatic hydroxyl groups excluding tert-OH is 2. The Morgan fingerprint density at radius 2 is 2.13 bits per heavy atom. The lowest BCUT2D eigenvalue weighted by molar-refractivity contribution is 0.0336. The Labute approximate surface area is 178 Å². The van der Waals surface area contributed by atoms with E-state index in [0.29, 0.717) is 13.1 Å². The molecule has 1 atom stereocenters. The number of β-amino-alcohol motifs (C(OH)–C–C–N with tert-alkyl or cyclic N) is 1. The van der Waals surface area contributed by atoms with E-state index < -0.39 is 6.10 Å². The van der Waals surface area contributed by atoms with E-state index in [2.05, 4.69) is 15.3 Å². The summed E-state index contributed by atoms with van der Waals surface area (Å²) in [5.41, 5.74) is 1.00. The van der Waals surface area contributed by atoms with Gasteiger partial charge in [-0.25, -0.2) is 0 Å². The summed E-state index contributed by atoms with van der Waals surface area (Å²) in [5.74, 6) is 1.53. The second-order valence-corrected chi connectivity index (χ2v) is 7.77. The van der Waals surface area contributed by atoms with Gasteiger partial charge in [0.1, 0.15) is 24.2 Å². The summed E-state index contributed by atoms with van der Waals surface area (Å²) < 4.78 is 13.2. The predicted molar refractivity (Wildman–Crippen MR) is 115 cm³/mol. The molecule has 0 saturated carbocycles. The van der Waals surface area contributed by atoms with Gasteiger partial charge in [-0.1, -0.05) is 0 Å². The van der Waals surface area contributed by atoms with Gasteiger partial charge in [0.2, 0.25) is 0 Å². The average Bonchev–Trinajstić information content (AvgIpc) is 3.27. The third-order valence-corrected chi connectivity index (χ3v) is 5.34. The van der Waals surface area contributed by atoms with Crippen LogP contribution in [0.1, 0.15) is 24.8 Å². The van der Waals surface area contributed by atoms with E-state index in [0.717, 1.165) is 62.5 Å². The lowest BCUT2D eigenvalue weighted by Crippen LogP contribution is -2.41. The highest BCUT2D eigenvalue weighted by Gasteiger charge is 2.19. The number of aliphatic hydroxyl groups is 2. The molecule has 1 aromatic heterocycles. The molecule has 1 aromatic carbocycles. The fourth-order valence-electron chi connectivity index (χ4n) is 3.62. The molecule has 1 unspecified atom stereocenters. The lowest BCUT2D eigenvalue weighted by atomic mass is 10.1. The van der Waals surface area contributed by atoms with Crippen LogP contribution in [0, 0.1) is 0 Å². The SMILES string of the molecule is COc1ccc(OCC(O)CN2CCC(O)CC2)c(CNCCCn2cccn2)c1. The highest BCUT2D eigenvalue weighted by molar-refractivity contribution is 5.40. The quantitative estimate of drug-likeness (QED) is 0.447. The van der Waals surface area contributed by atoms with Crippen molar-refractivity contribution >= 4 is 0 Å². The molecular weight excluding hydrogens is 384 g/mol. The fourth-order valence-corrected chi connectivity index (χ4v) is 3.62. The zero-order chi connectivity index (χ0) is 21.2. The Morgan fingerprint density at radius 3 is 2.87 bits per heavy atom. The van der Waals surface area contributed by atoms with Crippen molar-refractivity contribution in [3.8, 4) is 11.5 Å². The molecule has 1 saturated heterocycles. The smallest absolute Gasteiger partial charge is 0.124 e. The van der Waals surface area contributed by atoms with Gasteiger partial charge in [-0.2, -0.15) is 5.10 Å². The molecule has 0 bridgehead atoms. The molecule has 0 spiro atoms. The van der Waals surface area contributed by atoms with Crippen LogP contribution in [0.2, 0.25) is 0 Å². The van der Waals surface area contributed by atoms with Gasteiger partial charge in [0, 0.05) is 50.7 Å². The van der Waals surface area contributed by atoms with E-state index in [1.807, 2.05) is 35.1 Å². The topological polar surface area (TPSA) is 92.0 Å². The summed E-state index contributed by atoms with van der Waals surface area (Å²) in [6.07, 6.45) is 5.48. The third kappa shape index (κ3) is 7.28. The van der Waals surface area contributed by atoms with Crippen LogP contribution in [0.25, 0.3) is 0 Å². The van der Waals surface area contributed by atoms with Gasteiger partial charge < -0.3 is 29.9 Å². The number of hydrogen-bond acceptors (Lipinski definition) is 7. The number of nitrogens with one attached hydrogen (secondary N) is 1. The van der Waals surface area contributed by atoms with E-state index >= 15 is 0 Å². The van der Waals surface area contributed by atoms with Crippen LogP contribution in [-0.2, 0) is 13.1 Å². The van der Waals surface area contributed by atoms with Crippen molar-refractivity contribution in [3.63, 3.8) is 0 Å². The number of likely N-dealkylation sites (tertiary alicyclic amines) is 1. The van der Waals surface area contributed by atoms with Gasteiger partial charge in [0.15, 0.2) is 0 Å². The first-order valence-corrected chi connectivity index (χ1v) is 10.7. The highest BCUT2D eigenvalue weighted by Crippen LogP contribution is 2.24. The first-order chi connectivity index (χ1) is 14.6. The van der Waals surface area contributed by atoms with Crippen LogP contribution in [0.15, 0.2) is 36.7 Å². The predicted octanol–water partition coefficient (Wildman–Crippen LogP) is 1.27. The minimum atomic E-state index is -0.572. The summed E-state index contributed by atoms with van der Waals surface area (Å²) in [4.78, 5) is 2.18. The van der Waals surface area contributed by atoms with Gasteiger partial charge in [0.05, 0.1) is 13.2 Å². The Hall–Kier alpha value is -2.13. The van der Waals surface area contributed by atoms with E-state index in [1.54, 1.807) is 13.3 Å². The normalized spacial score (nSPS) is 16.5. The van der Waals surface area contributed by atoms with E-state index in [4.69, 9.17) is 9.47 Å². The number of ether oxygens (including phenoxy) is 2. The first-order valence-electron chi connectivity index (χ1n) is 10.7. The van der Waals surface area contributed by atoms with Crippen molar-refractivity contribution < 1.29 is 19.7 Å². The summed E-state index contributed by atoms with van der Waals surface area (Å²) in [5, 5.41) is 27.6. The number of rotatable bonds is 12. The molecule has 2 aromatic rings. The molecule has 2 heterocycles. The molecular formula is C22H34N4O4. The minimum absolute atomic E-state index is 0.205. The van der Waals surface area contributed by atoms with Crippen LogP contribution >= 0.6 is 0 Å². The van der Waals surface area contributed by atoms with Gasteiger partial charge in [0.25, 0.3) is 0 Å². The number of methoxy groups -OCH3 is 1. The second kappa shape index (κ2) is 11.9. The maximum atomic E-state index is 10.4. The van der Waals surface area contributed by atoms with Crippen molar-refractivity contribution in [3.05, 3.63) is 42.2 Å². The number of nitrogens with zero attached hydrogens (tertiary/aromatic N) is 3. The third-order valence-electron chi connectivity index (χ3n) is 5.34. The number of aromatic nitrogens is 2. The molecule has 0 aliphatic carbocycles. The second-order valence-electron chi connectivity index (χ2n) is 7.77. The Balaban J connectivity index is 1.44. The van der Waals surface area contributed by atoms with E-state index in [9.17, 15) is 10.2 Å². The number of piperidine rings is 1. The summed E-state index contributed by atoms with van der Waals surface area (Å²) in [6, 6.07) is 7.66. The lowest BCUT2D eigenvalue weighted by Gasteiger charge is -2.31. The molecule has 0 amide bonds. The van der Waals surface area contributed by atoms with Crippen molar-refractivity contribution in [2.45, 2.75) is 44.6 Å². The zero-order valence-corrected chi connectivity index (χ0v) is 17.7. The molecule has 166 valence electrons.